The van der Waals surface area contributed by atoms with Crippen molar-refractivity contribution in [2.45, 2.75) is 0 Å². The number of hydrogen-bond acceptors (Lipinski definition) is 1. The summed E-state index contributed by atoms with van der Waals surface area (Å²) < 4.78 is 15.1. The van der Waals surface area contributed by atoms with Crippen LogP contribution in [-0.2, 0) is 0 Å². The van der Waals surface area contributed by atoms with E-state index in [1.54, 1.807) is 12.3 Å². The van der Waals surface area contributed by atoms with Gasteiger partial charge < -0.3 is 9.67 Å². The van der Waals surface area contributed by atoms with Gasteiger partial charge >= 0.3 is 5.97 Å². The van der Waals surface area contributed by atoms with E-state index < -0.39 is 11.8 Å². The molecule has 2 aromatic rings. The number of carboxylic acids is 1. The lowest BCUT2D eigenvalue weighted by Crippen LogP contribution is -2.06. The van der Waals surface area contributed by atoms with Crippen LogP contribution in [0.5, 0.6) is 0 Å². The van der Waals surface area contributed by atoms with Crippen molar-refractivity contribution in [3.05, 3.63) is 52.5 Å². The summed E-state index contributed by atoms with van der Waals surface area (Å²) >= 11 is 3.25. The number of halogens is 2. The molecule has 0 spiro atoms. The molecule has 1 N–H and O–H groups in total. The molecule has 0 aliphatic carbocycles. The second kappa shape index (κ2) is 4.09. The van der Waals surface area contributed by atoms with Gasteiger partial charge in [-0.3, -0.25) is 0 Å². The Hall–Kier alpha value is -1.62. The van der Waals surface area contributed by atoms with Crippen LogP contribution < -0.4 is 0 Å². The average molecular weight is 284 g/mol. The molecular formula is C11H7BrFNO2. The summed E-state index contributed by atoms with van der Waals surface area (Å²) in [6.07, 6.45) is 1.57. The average Bonchev–Trinajstić information content (AvgIpc) is 2.70. The fourth-order valence-electron chi connectivity index (χ4n) is 1.44. The first-order valence-electron chi connectivity index (χ1n) is 4.45. The summed E-state index contributed by atoms with van der Waals surface area (Å²) in [5, 5.41) is 8.95. The standard InChI is InChI=1S/C11H7BrFNO2/c12-8-4-3-7(13)6-10(8)14-5-1-2-9(14)11(15)16/h1-6H,(H,15,16). The van der Waals surface area contributed by atoms with Gasteiger partial charge in [-0.25, -0.2) is 9.18 Å². The first kappa shape index (κ1) is 10.9. The summed E-state index contributed by atoms with van der Waals surface area (Å²) in [5.41, 5.74) is 0.550. The Morgan fingerprint density at radius 1 is 1.38 bits per heavy atom. The molecule has 0 aliphatic heterocycles. The van der Waals surface area contributed by atoms with Crippen LogP contribution in [0.3, 0.4) is 0 Å². The van der Waals surface area contributed by atoms with Gasteiger partial charge in [0.05, 0.1) is 5.69 Å². The Morgan fingerprint density at radius 3 is 2.81 bits per heavy atom. The molecule has 0 saturated carbocycles. The third-order valence-corrected chi connectivity index (χ3v) is 2.81. The van der Waals surface area contributed by atoms with E-state index in [9.17, 15) is 9.18 Å². The van der Waals surface area contributed by atoms with Crippen molar-refractivity contribution in [1.29, 1.82) is 0 Å². The summed E-state index contributed by atoms with van der Waals surface area (Å²) in [6.45, 7) is 0. The molecule has 16 heavy (non-hydrogen) atoms. The molecule has 82 valence electrons. The van der Waals surface area contributed by atoms with Crippen LogP contribution >= 0.6 is 15.9 Å². The summed E-state index contributed by atoms with van der Waals surface area (Å²) in [4.78, 5) is 10.9. The molecule has 0 unspecified atom stereocenters. The molecule has 0 fully saturated rings. The van der Waals surface area contributed by atoms with Gasteiger partial charge in [0.15, 0.2) is 0 Å². The van der Waals surface area contributed by atoms with Gasteiger partial charge in [-0.15, -0.1) is 0 Å². The topological polar surface area (TPSA) is 42.2 Å². The van der Waals surface area contributed by atoms with Crippen LogP contribution in [0.2, 0.25) is 0 Å². The van der Waals surface area contributed by atoms with Gasteiger partial charge in [-0.2, -0.15) is 0 Å². The molecular weight excluding hydrogens is 277 g/mol. The lowest BCUT2D eigenvalue weighted by molar-refractivity contribution is 0.0688. The number of nitrogens with zero attached hydrogens (tertiary/aromatic N) is 1. The molecule has 5 heteroatoms. The molecule has 3 nitrogen and oxygen atoms in total. The van der Waals surface area contributed by atoms with Gasteiger partial charge in [-0.05, 0) is 46.3 Å². The normalized spacial score (nSPS) is 10.4. The van der Waals surface area contributed by atoms with E-state index in [1.165, 1.54) is 28.8 Å². The van der Waals surface area contributed by atoms with Crippen molar-refractivity contribution in [3.8, 4) is 5.69 Å². The smallest absolute Gasteiger partial charge is 0.352 e. The van der Waals surface area contributed by atoms with Gasteiger partial charge in [-0.1, -0.05) is 0 Å². The van der Waals surface area contributed by atoms with E-state index in [-0.39, 0.29) is 5.69 Å². The Labute approximate surface area is 99.3 Å². The summed E-state index contributed by atoms with van der Waals surface area (Å²) in [7, 11) is 0. The zero-order valence-corrected chi connectivity index (χ0v) is 9.61. The first-order chi connectivity index (χ1) is 7.59. The van der Waals surface area contributed by atoms with Crippen LogP contribution in [0, 0.1) is 5.82 Å². The van der Waals surface area contributed by atoms with Crippen molar-refractivity contribution in [3.63, 3.8) is 0 Å². The highest BCUT2D eigenvalue weighted by molar-refractivity contribution is 9.10. The zero-order valence-electron chi connectivity index (χ0n) is 8.02. The number of hydrogen-bond donors (Lipinski definition) is 1. The van der Waals surface area contributed by atoms with Crippen molar-refractivity contribution in [2.24, 2.45) is 0 Å². The highest BCUT2D eigenvalue weighted by Gasteiger charge is 2.12. The molecule has 0 bridgehead atoms. The zero-order chi connectivity index (χ0) is 11.7. The second-order valence-electron chi connectivity index (χ2n) is 3.16. The van der Waals surface area contributed by atoms with Gasteiger partial charge in [0.25, 0.3) is 0 Å². The Balaban J connectivity index is 2.62. The predicted octanol–water partition coefficient (Wildman–Crippen LogP) is 3.08. The molecule has 0 aliphatic rings. The number of carbonyl (C=O) groups is 1. The molecule has 0 saturated heterocycles. The third kappa shape index (κ3) is 1.86. The predicted molar refractivity (Wildman–Crippen MR) is 60.4 cm³/mol. The van der Waals surface area contributed by atoms with Gasteiger partial charge in [0, 0.05) is 10.7 Å². The minimum Gasteiger partial charge on any atom is -0.477 e. The summed E-state index contributed by atoms with van der Waals surface area (Å²) in [6, 6.07) is 7.17. The Kier molecular flexibility index (Phi) is 2.78. The SMILES string of the molecule is O=C(O)c1cccn1-c1cc(F)ccc1Br. The van der Waals surface area contributed by atoms with Crippen LogP contribution in [0.15, 0.2) is 41.0 Å². The van der Waals surface area contributed by atoms with E-state index in [0.717, 1.165) is 0 Å². The molecule has 0 amide bonds. The van der Waals surface area contributed by atoms with Gasteiger partial charge in [0.1, 0.15) is 11.5 Å². The van der Waals surface area contributed by atoms with E-state index in [1.807, 2.05) is 0 Å². The van der Waals surface area contributed by atoms with Gasteiger partial charge in [0.2, 0.25) is 0 Å². The molecule has 1 heterocycles. The molecule has 0 atom stereocenters. The maximum atomic E-state index is 13.1. The van der Waals surface area contributed by atoms with Crippen molar-refractivity contribution >= 4 is 21.9 Å². The minimum atomic E-state index is -1.05. The van der Waals surface area contributed by atoms with Crippen molar-refractivity contribution < 1.29 is 14.3 Å². The first-order valence-corrected chi connectivity index (χ1v) is 5.25. The molecule has 2 rings (SSSR count). The number of aromatic carboxylic acids is 1. The summed E-state index contributed by atoms with van der Waals surface area (Å²) in [5.74, 6) is -1.47. The van der Waals surface area contributed by atoms with E-state index >= 15 is 0 Å². The quantitative estimate of drug-likeness (QED) is 0.920. The number of aromatic nitrogens is 1. The second-order valence-corrected chi connectivity index (χ2v) is 4.02. The fourth-order valence-corrected chi connectivity index (χ4v) is 1.87. The maximum Gasteiger partial charge on any atom is 0.352 e. The van der Waals surface area contributed by atoms with Crippen LogP contribution in [-0.4, -0.2) is 15.6 Å². The van der Waals surface area contributed by atoms with Crippen LogP contribution in [0.25, 0.3) is 5.69 Å². The Bertz CT molecular complexity index is 551. The highest BCUT2D eigenvalue weighted by Crippen LogP contribution is 2.23. The molecule has 0 radical (unpaired) electrons. The fraction of sp³-hybridized carbons (Fsp3) is 0. The highest BCUT2D eigenvalue weighted by atomic mass is 79.9. The van der Waals surface area contributed by atoms with E-state index in [4.69, 9.17) is 5.11 Å². The van der Waals surface area contributed by atoms with E-state index in [2.05, 4.69) is 15.9 Å². The van der Waals surface area contributed by atoms with Crippen molar-refractivity contribution in [2.75, 3.05) is 0 Å². The minimum absolute atomic E-state index is 0.0892. The lowest BCUT2D eigenvalue weighted by atomic mass is 10.3. The maximum absolute atomic E-state index is 13.1. The Morgan fingerprint density at radius 2 is 2.12 bits per heavy atom. The number of rotatable bonds is 2. The largest absolute Gasteiger partial charge is 0.477 e. The number of carboxylic acid groups (broad SMARTS) is 1. The molecule has 1 aromatic carbocycles. The third-order valence-electron chi connectivity index (χ3n) is 2.14. The monoisotopic (exact) mass is 283 g/mol. The molecule has 1 aromatic heterocycles. The number of benzene rings is 1. The van der Waals surface area contributed by atoms with Crippen molar-refractivity contribution in [1.82, 2.24) is 4.57 Å². The lowest BCUT2D eigenvalue weighted by Gasteiger charge is -2.08. The van der Waals surface area contributed by atoms with Crippen LogP contribution in [0.4, 0.5) is 4.39 Å². The van der Waals surface area contributed by atoms with Crippen LogP contribution in [0.1, 0.15) is 10.5 Å². The van der Waals surface area contributed by atoms with E-state index in [0.29, 0.717) is 10.2 Å².